The van der Waals surface area contributed by atoms with Crippen molar-refractivity contribution in [1.82, 2.24) is 9.97 Å². The molecule has 2 heteroatoms. The number of pyridine rings is 2. The maximum atomic E-state index is 4.74. The number of hydrogen-bond donors (Lipinski definition) is 0. The van der Waals surface area contributed by atoms with Crippen LogP contribution in [0.3, 0.4) is 0 Å². The normalized spacial score (nSPS) is 11.0. The fourth-order valence-electron chi connectivity index (χ4n) is 2.57. The van der Waals surface area contributed by atoms with E-state index in [1.165, 1.54) is 10.9 Å². The van der Waals surface area contributed by atoms with Gasteiger partial charge in [-0.15, -0.1) is 0 Å². The van der Waals surface area contributed by atoms with Crippen molar-refractivity contribution in [3.05, 3.63) is 73.1 Å². The zero-order chi connectivity index (χ0) is 13.4. The van der Waals surface area contributed by atoms with E-state index in [0.717, 1.165) is 22.0 Å². The monoisotopic (exact) mass is 256 g/mol. The number of benzene rings is 2. The molecule has 0 bridgehead atoms. The van der Waals surface area contributed by atoms with Gasteiger partial charge in [0.05, 0.1) is 11.0 Å². The maximum absolute atomic E-state index is 4.74. The fourth-order valence-corrected chi connectivity index (χ4v) is 2.57. The second-order valence-corrected chi connectivity index (χ2v) is 4.80. The largest absolute Gasteiger partial charge is 0.264 e. The molecule has 2 heterocycles. The quantitative estimate of drug-likeness (QED) is 0.470. The summed E-state index contributed by atoms with van der Waals surface area (Å²) in [5.74, 6) is 0. The molecule has 0 radical (unpaired) electrons. The Hall–Kier alpha value is -2.74. The first-order chi connectivity index (χ1) is 9.92. The average molecular weight is 256 g/mol. The van der Waals surface area contributed by atoms with Gasteiger partial charge >= 0.3 is 0 Å². The van der Waals surface area contributed by atoms with Crippen molar-refractivity contribution in [2.24, 2.45) is 0 Å². The standard InChI is InChI=1S/C18H12N2/c1-2-8-17-13(5-1)11-16-15(7-3-9-18(16)20-17)14-6-4-10-19-12-14/h1-12H. The number of para-hydroxylation sites is 1. The minimum Gasteiger partial charge on any atom is -0.264 e. The summed E-state index contributed by atoms with van der Waals surface area (Å²) in [4.78, 5) is 8.95. The van der Waals surface area contributed by atoms with Gasteiger partial charge in [-0.1, -0.05) is 36.4 Å². The predicted octanol–water partition coefficient (Wildman–Crippen LogP) is 4.45. The van der Waals surface area contributed by atoms with Crippen molar-refractivity contribution in [3.63, 3.8) is 0 Å². The van der Waals surface area contributed by atoms with Crippen LogP contribution in [0, 0.1) is 0 Å². The Morgan fingerprint density at radius 1 is 0.750 bits per heavy atom. The zero-order valence-corrected chi connectivity index (χ0v) is 10.8. The van der Waals surface area contributed by atoms with Crippen molar-refractivity contribution in [2.75, 3.05) is 0 Å². The van der Waals surface area contributed by atoms with Crippen LogP contribution in [-0.4, -0.2) is 9.97 Å². The molecule has 20 heavy (non-hydrogen) atoms. The van der Waals surface area contributed by atoms with E-state index < -0.39 is 0 Å². The molecule has 0 amide bonds. The summed E-state index contributed by atoms with van der Waals surface area (Å²) in [6.07, 6.45) is 3.69. The highest BCUT2D eigenvalue weighted by molar-refractivity contribution is 6.00. The number of hydrogen-bond acceptors (Lipinski definition) is 2. The Morgan fingerprint density at radius 3 is 2.55 bits per heavy atom. The lowest BCUT2D eigenvalue weighted by Gasteiger charge is -2.07. The van der Waals surface area contributed by atoms with Crippen LogP contribution in [0.1, 0.15) is 0 Å². The summed E-state index contributed by atoms with van der Waals surface area (Å²) in [5, 5.41) is 2.33. The van der Waals surface area contributed by atoms with E-state index in [2.05, 4.69) is 35.3 Å². The molecule has 0 saturated heterocycles. The molecule has 0 saturated carbocycles. The maximum Gasteiger partial charge on any atom is 0.0715 e. The van der Waals surface area contributed by atoms with Gasteiger partial charge in [0.25, 0.3) is 0 Å². The first kappa shape index (κ1) is 11.1. The Balaban J connectivity index is 2.09. The van der Waals surface area contributed by atoms with Gasteiger partial charge in [0.2, 0.25) is 0 Å². The Kier molecular flexibility index (Phi) is 2.46. The highest BCUT2D eigenvalue weighted by atomic mass is 14.7. The summed E-state index contributed by atoms with van der Waals surface area (Å²) in [5.41, 5.74) is 4.34. The molecule has 2 nitrogen and oxygen atoms in total. The van der Waals surface area contributed by atoms with E-state index in [0.29, 0.717) is 0 Å². The molecule has 0 aliphatic rings. The van der Waals surface area contributed by atoms with Crippen LogP contribution in [0.4, 0.5) is 0 Å². The van der Waals surface area contributed by atoms with Crippen molar-refractivity contribution in [3.8, 4) is 11.1 Å². The van der Waals surface area contributed by atoms with Crippen LogP contribution < -0.4 is 0 Å². The Morgan fingerprint density at radius 2 is 1.65 bits per heavy atom. The third-order valence-corrected chi connectivity index (χ3v) is 3.53. The summed E-state index contributed by atoms with van der Waals surface area (Å²) < 4.78 is 0. The summed E-state index contributed by atoms with van der Waals surface area (Å²) in [6.45, 7) is 0. The average Bonchev–Trinajstić information content (AvgIpc) is 2.53. The van der Waals surface area contributed by atoms with E-state index in [9.17, 15) is 0 Å². The molecular weight excluding hydrogens is 244 g/mol. The minimum atomic E-state index is 1.02. The number of aromatic nitrogens is 2. The lowest BCUT2D eigenvalue weighted by Crippen LogP contribution is -1.86. The van der Waals surface area contributed by atoms with Gasteiger partial charge in [-0.3, -0.25) is 4.98 Å². The van der Waals surface area contributed by atoms with Crippen LogP contribution in [0.2, 0.25) is 0 Å². The molecule has 94 valence electrons. The summed E-state index contributed by atoms with van der Waals surface area (Å²) in [7, 11) is 0. The summed E-state index contributed by atoms with van der Waals surface area (Å²) >= 11 is 0. The Bertz CT molecular complexity index is 899. The van der Waals surface area contributed by atoms with Gasteiger partial charge in [-0.2, -0.15) is 0 Å². The number of nitrogens with zero attached hydrogens (tertiary/aromatic N) is 2. The molecule has 0 aliphatic carbocycles. The molecule has 0 spiro atoms. The SMILES string of the molecule is c1cncc(-c2cccc3nc4ccccc4cc23)c1. The smallest absolute Gasteiger partial charge is 0.0715 e. The van der Waals surface area contributed by atoms with Crippen LogP contribution in [0.5, 0.6) is 0 Å². The van der Waals surface area contributed by atoms with Crippen molar-refractivity contribution in [1.29, 1.82) is 0 Å². The lowest BCUT2D eigenvalue weighted by atomic mass is 10.0. The predicted molar refractivity (Wildman–Crippen MR) is 82.5 cm³/mol. The molecule has 4 rings (SSSR count). The fraction of sp³-hybridized carbons (Fsp3) is 0. The summed E-state index contributed by atoms with van der Waals surface area (Å²) in [6, 6.07) is 20.7. The second-order valence-electron chi connectivity index (χ2n) is 4.80. The van der Waals surface area contributed by atoms with E-state index in [-0.39, 0.29) is 0 Å². The van der Waals surface area contributed by atoms with E-state index in [4.69, 9.17) is 4.98 Å². The molecule has 0 fully saturated rings. The minimum absolute atomic E-state index is 1.02. The zero-order valence-electron chi connectivity index (χ0n) is 10.8. The number of fused-ring (bicyclic) bond motifs is 2. The van der Waals surface area contributed by atoms with Gasteiger partial charge in [0.1, 0.15) is 0 Å². The van der Waals surface area contributed by atoms with Crippen LogP contribution in [-0.2, 0) is 0 Å². The number of rotatable bonds is 1. The molecule has 0 unspecified atom stereocenters. The molecule has 0 N–H and O–H groups in total. The van der Waals surface area contributed by atoms with E-state index in [1.54, 1.807) is 6.20 Å². The molecule has 4 aromatic rings. The molecule has 2 aromatic carbocycles. The topological polar surface area (TPSA) is 25.8 Å². The van der Waals surface area contributed by atoms with Crippen LogP contribution >= 0.6 is 0 Å². The third-order valence-electron chi connectivity index (χ3n) is 3.53. The van der Waals surface area contributed by atoms with Gasteiger partial charge in [0, 0.05) is 28.7 Å². The van der Waals surface area contributed by atoms with Gasteiger partial charge in [-0.05, 0) is 29.8 Å². The highest BCUT2D eigenvalue weighted by Crippen LogP contribution is 2.29. The first-order valence-electron chi connectivity index (χ1n) is 6.61. The van der Waals surface area contributed by atoms with Gasteiger partial charge < -0.3 is 0 Å². The van der Waals surface area contributed by atoms with Gasteiger partial charge in [-0.25, -0.2) is 4.98 Å². The van der Waals surface area contributed by atoms with E-state index in [1.807, 2.05) is 36.5 Å². The molecular formula is C18H12N2. The van der Waals surface area contributed by atoms with Crippen LogP contribution in [0.15, 0.2) is 73.1 Å². The second kappa shape index (κ2) is 4.42. The van der Waals surface area contributed by atoms with Gasteiger partial charge in [0.15, 0.2) is 0 Å². The Labute approximate surface area is 116 Å². The first-order valence-corrected chi connectivity index (χ1v) is 6.61. The van der Waals surface area contributed by atoms with E-state index >= 15 is 0 Å². The molecule has 0 aliphatic heterocycles. The van der Waals surface area contributed by atoms with Crippen LogP contribution in [0.25, 0.3) is 32.9 Å². The third kappa shape index (κ3) is 1.74. The highest BCUT2D eigenvalue weighted by Gasteiger charge is 2.06. The lowest BCUT2D eigenvalue weighted by molar-refractivity contribution is 1.33. The van der Waals surface area contributed by atoms with Crippen molar-refractivity contribution in [2.45, 2.75) is 0 Å². The molecule has 0 atom stereocenters. The molecule has 2 aromatic heterocycles. The van der Waals surface area contributed by atoms with Crippen molar-refractivity contribution < 1.29 is 0 Å². The van der Waals surface area contributed by atoms with Crippen molar-refractivity contribution >= 4 is 21.8 Å².